The van der Waals surface area contributed by atoms with Crippen LogP contribution in [0.25, 0.3) is 0 Å². The van der Waals surface area contributed by atoms with Crippen LogP contribution in [-0.4, -0.2) is 33.9 Å². The lowest BCUT2D eigenvalue weighted by atomic mass is 10.0. The number of carbonyl (C=O) groups excluding carboxylic acids is 1. The summed E-state index contributed by atoms with van der Waals surface area (Å²) in [6, 6.07) is 3.17. The number of urea groups is 1. The van der Waals surface area contributed by atoms with Gasteiger partial charge in [-0.05, 0) is 0 Å². The highest BCUT2D eigenvalue weighted by Gasteiger charge is 2.28. The number of methoxy groups -OCH3 is 3. The third kappa shape index (κ3) is 2.13. The standard InChI is InChI=1S/C12H16N2O4/c1-16-7-4-9(17-2)11(10(5-7)18-3)8-6-13-12(15)14-8/h4-5,8H,6H2,1-3H3,(H2,13,14,15)/t8-/m0/s1. The fourth-order valence-electron chi connectivity index (χ4n) is 2.01. The quantitative estimate of drug-likeness (QED) is 0.841. The van der Waals surface area contributed by atoms with Gasteiger partial charge in [-0.15, -0.1) is 0 Å². The van der Waals surface area contributed by atoms with Crippen molar-refractivity contribution < 1.29 is 19.0 Å². The molecule has 2 amide bonds. The van der Waals surface area contributed by atoms with Gasteiger partial charge >= 0.3 is 6.03 Å². The molecule has 98 valence electrons. The Bertz CT molecular complexity index is 436. The van der Waals surface area contributed by atoms with Crippen LogP contribution in [0.15, 0.2) is 12.1 Å². The molecule has 1 atom stereocenters. The molecule has 6 nitrogen and oxygen atoms in total. The summed E-state index contributed by atoms with van der Waals surface area (Å²) in [7, 11) is 4.72. The summed E-state index contributed by atoms with van der Waals surface area (Å²) in [4.78, 5) is 11.2. The zero-order valence-electron chi connectivity index (χ0n) is 10.6. The number of hydrogen-bond acceptors (Lipinski definition) is 4. The molecule has 1 saturated heterocycles. The van der Waals surface area contributed by atoms with Crippen LogP contribution in [0.2, 0.25) is 0 Å². The first kappa shape index (κ1) is 12.3. The van der Waals surface area contributed by atoms with Crippen LogP contribution in [0.4, 0.5) is 4.79 Å². The van der Waals surface area contributed by atoms with Gasteiger partial charge in [-0.2, -0.15) is 0 Å². The van der Waals surface area contributed by atoms with Gasteiger partial charge in [0.2, 0.25) is 0 Å². The van der Waals surface area contributed by atoms with E-state index in [2.05, 4.69) is 10.6 Å². The van der Waals surface area contributed by atoms with Crippen molar-refractivity contribution in [3.05, 3.63) is 17.7 Å². The Hall–Kier alpha value is -2.11. The van der Waals surface area contributed by atoms with Gasteiger partial charge in [0.05, 0.1) is 32.9 Å². The zero-order valence-corrected chi connectivity index (χ0v) is 10.6. The van der Waals surface area contributed by atoms with Gasteiger partial charge in [0.15, 0.2) is 0 Å². The first-order valence-corrected chi connectivity index (χ1v) is 5.54. The molecule has 0 aliphatic carbocycles. The van der Waals surface area contributed by atoms with Crippen molar-refractivity contribution in [1.29, 1.82) is 0 Å². The number of hydrogen-bond donors (Lipinski definition) is 2. The average Bonchev–Trinajstić information content (AvgIpc) is 2.83. The number of nitrogens with one attached hydrogen (secondary N) is 2. The number of ether oxygens (including phenoxy) is 3. The summed E-state index contributed by atoms with van der Waals surface area (Å²) < 4.78 is 15.9. The van der Waals surface area contributed by atoms with Crippen molar-refractivity contribution in [3.8, 4) is 17.2 Å². The minimum Gasteiger partial charge on any atom is -0.496 e. The predicted octanol–water partition coefficient (Wildman–Crippen LogP) is 1.07. The van der Waals surface area contributed by atoms with Crippen molar-refractivity contribution in [2.75, 3.05) is 27.9 Å². The van der Waals surface area contributed by atoms with Gasteiger partial charge < -0.3 is 24.8 Å². The molecule has 1 aliphatic rings. The van der Waals surface area contributed by atoms with E-state index in [0.29, 0.717) is 23.8 Å². The largest absolute Gasteiger partial charge is 0.496 e. The molecule has 1 fully saturated rings. The Morgan fingerprint density at radius 2 is 1.72 bits per heavy atom. The summed E-state index contributed by atoms with van der Waals surface area (Å²) in [6.45, 7) is 0.498. The van der Waals surface area contributed by atoms with Crippen molar-refractivity contribution >= 4 is 6.03 Å². The maximum absolute atomic E-state index is 11.2. The molecule has 1 aliphatic heterocycles. The molecule has 0 unspecified atom stereocenters. The second-order valence-electron chi connectivity index (χ2n) is 3.85. The third-order valence-electron chi connectivity index (χ3n) is 2.87. The normalized spacial score (nSPS) is 17.9. The molecule has 0 saturated carbocycles. The van der Waals surface area contributed by atoms with Gasteiger partial charge in [-0.3, -0.25) is 0 Å². The molecular formula is C12H16N2O4. The van der Waals surface area contributed by atoms with Crippen molar-refractivity contribution in [1.82, 2.24) is 10.6 Å². The van der Waals surface area contributed by atoms with E-state index in [1.54, 1.807) is 33.5 Å². The molecule has 2 N–H and O–H groups in total. The fourth-order valence-corrected chi connectivity index (χ4v) is 2.01. The molecule has 1 aromatic rings. The summed E-state index contributed by atoms with van der Waals surface area (Å²) >= 11 is 0. The van der Waals surface area contributed by atoms with E-state index < -0.39 is 0 Å². The van der Waals surface area contributed by atoms with Gasteiger partial charge in [-0.1, -0.05) is 0 Å². The maximum atomic E-state index is 11.2. The minimum atomic E-state index is -0.195. The number of carbonyl (C=O) groups is 1. The van der Waals surface area contributed by atoms with Crippen LogP contribution >= 0.6 is 0 Å². The van der Waals surface area contributed by atoms with E-state index in [1.807, 2.05) is 0 Å². The topological polar surface area (TPSA) is 68.8 Å². The first-order chi connectivity index (χ1) is 8.69. The molecule has 1 heterocycles. The minimum absolute atomic E-state index is 0.173. The first-order valence-electron chi connectivity index (χ1n) is 5.54. The fraction of sp³-hybridized carbons (Fsp3) is 0.417. The summed E-state index contributed by atoms with van der Waals surface area (Å²) in [5.74, 6) is 1.89. The van der Waals surface area contributed by atoms with Crippen LogP contribution in [0.3, 0.4) is 0 Å². The van der Waals surface area contributed by atoms with Crippen LogP contribution in [0, 0.1) is 0 Å². The Kier molecular flexibility index (Phi) is 3.45. The van der Waals surface area contributed by atoms with E-state index in [4.69, 9.17) is 14.2 Å². The average molecular weight is 252 g/mol. The van der Waals surface area contributed by atoms with Crippen molar-refractivity contribution in [2.45, 2.75) is 6.04 Å². The molecule has 0 spiro atoms. The summed E-state index contributed by atoms with van der Waals surface area (Å²) in [5, 5.41) is 5.51. The highest BCUT2D eigenvalue weighted by molar-refractivity contribution is 5.77. The predicted molar refractivity (Wildman–Crippen MR) is 65.4 cm³/mol. The third-order valence-corrected chi connectivity index (χ3v) is 2.87. The van der Waals surface area contributed by atoms with Gasteiger partial charge in [0, 0.05) is 18.7 Å². The number of rotatable bonds is 4. The summed E-state index contributed by atoms with van der Waals surface area (Å²) in [5.41, 5.74) is 0.805. The molecule has 6 heteroatoms. The highest BCUT2D eigenvalue weighted by atomic mass is 16.5. The van der Waals surface area contributed by atoms with Gasteiger partial charge in [-0.25, -0.2) is 4.79 Å². The van der Waals surface area contributed by atoms with Crippen LogP contribution in [0.5, 0.6) is 17.2 Å². The lowest BCUT2D eigenvalue weighted by molar-refractivity contribution is 0.247. The van der Waals surface area contributed by atoms with Gasteiger partial charge in [0.25, 0.3) is 0 Å². The Morgan fingerprint density at radius 1 is 1.11 bits per heavy atom. The van der Waals surface area contributed by atoms with Crippen molar-refractivity contribution in [2.24, 2.45) is 0 Å². The molecule has 0 aromatic heterocycles. The molecule has 0 radical (unpaired) electrons. The Balaban J connectivity index is 2.46. The van der Waals surface area contributed by atoms with E-state index in [1.165, 1.54) is 0 Å². The Labute approximate surface area is 105 Å². The lowest BCUT2D eigenvalue weighted by Crippen LogP contribution is -2.22. The van der Waals surface area contributed by atoms with E-state index in [9.17, 15) is 4.79 Å². The molecule has 1 aromatic carbocycles. The van der Waals surface area contributed by atoms with Crippen LogP contribution < -0.4 is 24.8 Å². The smallest absolute Gasteiger partial charge is 0.315 e. The SMILES string of the molecule is COc1cc(OC)c([C@@H]2CNC(=O)N2)c(OC)c1. The Morgan fingerprint density at radius 3 is 2.11 bits per heavy atom. The number of benzene rings is 1. The molecule has 18 heavy (non-hydrogen) atoms. The lowest BCUT2D eigenvalue weighted by Gasteiger charge is -2.18. The van der Waals surface area contributed by atoms with E-state index in [0.717, 1.165) is 5.56 Å². The maximum Gasteiger partial charge on any atom is 0.315 e. The summed E-state index contributed by atoms with van der Waals surface area (Å²) in [6.07, 6.45) is 0. The zero-order chi connectivity index (χ0) is 13.1. The number of amides is 2. The van der Waals surface area contributed by atoms with Crippen molar-refractivity contribution in [3.63, 3.8) is 0 Å². The van der Waals surface area contributed by atoms with E-state index >= 15 is 0 Å². The van der Waals surface area contributed by atoms with Gasteiger partial charge in [0.1, 0.15) is 17.2 Å². The molecule has 0 bridgehead atoms. The monoisotopic (exact) mass is 252 g/mol. The van der Waals surface area contributed by atoms with E-state index in [-0.39, 0.29) is 12.1 Å². The van der Waals surface area contributed by atoms with Crippen LogP contribution in [0.1, 0.15) is 11.6 Å². The second-order valence-corrected chi connectivity index (χ2v) is 3.85. The highest BCUT2D eigenvalue weighted by Crippen LogP contribution is 2.38. The molecule has 2 rings (SSSR count). The van der Waals surface area contributed by atoms with Crippen LogP contribution in [-0.2, 0) is 0 Å². The second kappa shape index (κ2) is 5.03. The molecular weight excluding hydrogens is 236 g/mol.